The van der Waals surface area contributed by atoms with Crippen LogP contribution in [0.2, 0.25) is 0 Å². The largest absolute Gasteiger partial charge is 0.433 e. The van der Waals surface area contributed by atoms with Crippen molar-refractivity contribution in [2.24, 2.45) is 11.7 Å². The average molecular weight is 284 g/mol. The first kappa shape index (κ1) is 14.6. The maximum absolute atomic E-state index is 12.7. The van der Waals surface area contributed by atoms with Crippen LogP contribution in [0.5, 0.6) is 0 Å². The molecule has 1 fully saturated rings. The molecular weight excluding hydrogens is 269 g/mol. The Kier molecular flexibility index (Phi) is 3.86. The molecule has 4 nitrogen and oxygen atoms in total. The summed E-state index contributed by atoms with van der Waals surface area (Å²) in [6.07, 6.45) is -3.70. The van der Waals surface area contributed by atoms with E-state index in [0.29, 0.717) is 13.1 Å². The third-order valence-corrected chi connectivity index (χ3v) is 3.28. The summed E-state index contributed by atoms with van der Waals surface area (Å²) in [5.41, 5.74) is 5.04. The van der Waals surface area contributed by atoms with Crippen LogP contribution in [0.15, 0.2) is 12.1 Å². The first-order valence-corrected chi connectivity index (χ1v) is 6.30. The van der Waals surface area contributed by atoms with Crippen LogP contribution in [-0.2, 0) is 6.18 Å². The first-order valence-electron chi connectivity index (χ1n) is 6.30. The number of halogens is 3. The molecule has 1 aliphatic heterocycles. The number of rotatable bonds is 1. The van der Waals surface area contributed by atoms with Gasteiger partial charge in [-0.2, -0.15) is 18.4 Å². The normalized spacial score (nSPS) is 23.5. The molecule has 0 aromatic carbocycles. The van der Waals surface area contributed by atoms with Crippen molar-refractivity contribution in [2.45, 2.75) is 25.6 Å². The molecule has 2 atom stereocenters. The highest BCUT2D eigenvalue weighted by atomic mass is 19.4. The monoisotopic (exact) mass is 284 g/mol. The van der Waals surface area contributed by atoms with Crippen molar-refractivity contribution in [3.8, 4) is 6.07 Å². The second kappa shape index (κ2) is 5.29. The van der Waals surface area contributed by atoms with Gasteiger partial charge < -0.3 is 10.6 Å². The van der Waals surface area contributed by atoms with E-state index in [0.717, 1.165) is 18.6 Å². The summed E-state index contributed by atoms with van der Waals surface area (Å²) in [7, 11) is 0. The molecule has 0 bridgehead atoms. The lowest BCUT2D eigenvalue weighted by Gasteiger charge is -2.36. The zero-order chi connectivity index (χ0) is 14.9. The molecule has 2 N–H and O–H groups in total. The predicted octanol–water partition coefficient (Wildman–Crippen LogP) is 2.15. The number of alkyl halides is 3. The van der Waals surface area contributed by atoms with Crippen molar-refractivity contribution < 1.29 is 13.2 Å². The zero-order valence-electron chi connectivity index (χ0n) is 11.0. The highest BCUT2D eigenvalue weighted by Crippen LogP contribution is 2.31. The van der Waals surface area contributed by atoms with Gasteiger partial charge in [-0.15, -0.1) is 0 Å². The lowest BCUT2D eigenvalue weighted by atomic mass is 9.96. The van der Waals surface area contributed by atoms with Crippen LogP contribution in [0.3, 0.4) is 0 Å². The van der Waals surface area contributed by atoms with E-state index in [4.69, 9.17) is 11.0 Å². The second-order valence-corrected chi connectivity index (χ2v) is 5.18. The Bertz CT molecular complexity index is 525. The summed E-state index contributed by atoms with van der Waals surface area (Å²) in [5.74, 6) is 0.325. The van der Waals surface area contributed by atoms with E-state index in [-0.39, 0.29) is 23.3 Å². The Morgan fingerprint density at radius 2 is 2.10 bits per heavy atom. The van der Waals surface area contributed by atoms with E-state index in [2.05, 4.69) is 4.98 Å². The van der Waals surface area contributed by atoms with Crippen molar-refractivity contribution in [2.75, 3.05) is 18.0 Å². The SMILES string of the molecule is CC1CC(N)CN(c2nc(C(F)(F)F)ccc2C#N)C1. The molecule has 2 heterocycles. The molecule has 2 rings (SSSR count). The van der Waals surface area contributed by atoms with Gasteiger partial charge in [0.25, 0.3) is 0 Å². The second-order valence-electron chi connectivity index (χ2n) is 5.18. The maximum atomic E-state index is 12.7. The number of nitriles is 1. The number of anilines is 1. The molecule has 0 radical (unpaired) electrons. The van der Waals surface area contributed by atoms with Crippen LogP contribution in [0.1, 0.15) is 24.6 Å². The zero-order valence-corrected chi connectivity index (χ0v) is 11.0. The van der Waals surface area contributed by atoms with Gasteiger partial charge in [-0.3, -0.25) is 0 Å². The van der Waals surface area contributed by atoms with Gasteiger partial charge in [0.1, 0.15) is 17.6 Å². The standard InChI is InChI=1S/C13H15F3N4/c1-8-4-10(18)7-20(6-8)12-9(5-17)2-3-11(19-12)13(14,15)16/h2-3,8,10H,4,6-7,18H2,1H3. The van der Waals surface area contributed by atoms with Gasteiger partial charge in [0.15, 0.2) is 0 Å². The lowest BCUT2D eigenvalue weighted by molar-refractivity contribution is -0.141. The molecule has 20 heavy (non-hydrogen) atoms. The number of pyridine rings is 1. The molecule has 0 aliphatic carbocycles. The molecule has 1 saturated heterocycles. The van der Waals surface area contributed by atoms with Gasteiger partial charge in [-0.25, -0.2) is 4.98 Å². The fourth-order valence-corrected chi connectivity index (χ4v) is 2.51. The van der Waals surface area contributed by atoms with Crippen molar-refractivity contribution in [1.82, 2.24) is 4.98 Å². The van der Waals surface area contributed by atoms with E-state index in [1.807, 2.05) is 13.0 Å². The smallest absolute Gasteiger partial charge is 0.354 e. The molecule has 0 saturated carbocycles. The van der Waals surface area contributed by atoms with Crippen LogP contribution in [0.25, 0.3) is 0 Å². The number of nitrogens with zero attached hydrogens (tertiary/aromatic N) is 3. The molecule has 0 spiro atoms. The molecule has 1 aliphatic rings. The third kappa shape index (κ3) is 3.02. The van der Waals surface area contributed by atoms with Crippen LogP contribution in [0.4, 0.5) is 19.0 Å². The number of piperidine rings is 1. The van der Waals surface area contributed by atoms with Gasteiger partial charge in [0.05, 0.1) is 5.56 Å². The number of hydrogen-bond donors (Lipinski definition) is 1. The van der Waals surface area contributed by atoms with Gasteiger partial charge in [-0.1, -0.05) is 6.92 Å². The Hall–Kier alpha value is -1.81. The molecule has 0 amide bonds. The summed E-state index contributed by atoms with van der Waals surface area (Å²) in [6, 6.07) is 3.76. The fraction of sp³-hybridized carbons (Fsp3) is 0.538. The van der Waals surface area contributed by atoms with E-state index in [9.17, 15) is 13.2 Å². The van der Waals surface area contributed by atoms with Crippen LogP contribution in [0, 0.1) is 17.2 Å². The molecule has 1 aromatic rings. The summed E-state index contributed by atoms with van der Waals surface area (Å²) < 4.78 is 38.2. The van der Waals surface area contributed by atoms with Crippen LogP contribution in [-0.4, -0.2) is 24.1 Å². The van der Waals surface area contributed by atoms with Crippen molar-refractivity contribution >= 4 is 5.82 Å². The minimum atomic E-state index is -4.52. The highest BCUT2D eigenvalue weighted by Gasteiger charge is 2.34. The molecule has 1 aromatic heterocycles. The summed E-state index contributed by atoms with van der Waals surface area (Å²) in [4.78, 5) is 5.30. The summed E-state index contributed by atoms with van der Waals surface area (Å²) >= 11 is 0. The maximum Gasteiger partial charge on any atom is 0.433 e. The van der Waals surface area contributed by atoms with Gasteiger partial charge in [-0.05, 0) is 24.5 Å². The molecule has 2 unspecified atom stereocenters. The minimum absolute atomic E-state index is 0.0734. The highest BCUT2D eigenvalue weighted by molar-refractivity contribution is 5.55. The minimum Gasteiger partial charge on any atom is -0.354 e. The van der Waals surface area contributed by atoms with E-state index in [1.165, 1.54) is 0 Å². The first-order chi connectivity index (χ1) is 9.31. The number of nitrogens with two attached hydrogens (primary N) is 1. The third-order valence-electron chi connectivity index (χ3n) is 3.28. The fourth-order valence-electron chi connectivity index (χ4n) is 2.51. The Morgan fingerprint density at radius 3 is 2.65 bits per heavy atom. The van der Waals surface area contributed by atoms with Crippen molar-refractivity contribution in [1.29, 1.82) is 5.26 Å². The van der Waals surface area contributed by atoms with Crippen molar-refractivity contribution in [3.05, 3.63) is 23.4 Å². The van der Waals surface area contributed by atoms with Crippen molar-refractivity contribution in [3.63, 3.8) is 0 Å². The Morgan fingerprint density at radius 1 is 1.40 bits per heavy atom. The average Bonchev–Trinajstić information content (AvgIpc) is 2.35. The van der Waals surface area contributed by atoms with Crippen LogP contribution < -0.4 is 10.6 Å². The van der Waals surface area contributed by atoms with E-state index in [1.54, 1.807) is 4.90 Å². The summed E-state index contributed by atoms with van der Waals surface area (Å²) in [5, 5.41) is 9.05. The molecular formula is C13H15F3N4. The Labute approximate surface area is 115 Å². The van der Waals surface area contributed by atoms with Gasteiger partial charge in [0, 0.05) is 19.1 Å². The molecule has 7 heteroatoms. The lowest BCUT2D eigenvalue weighted by Crippen LogP contribution is -2.47. The number of aromatic nitrogens is 1. The Balaban J connectivity index is 2.41. The van der Waals surface area contributed by atoms with Crippen LogP contribution >= 0.6 is 0 Å². The quantitative estimate of drug-likeness (QED) is 0.858. The summed E-state index contributed by atoms with van der Waals surface area (Å²) in [6.45, 7) is 2.94. The van der Waals surface area contributed by atoms with Gasteiger partial charge >= 0.3 is 6.18 Å². The van der Waals surface area contributed by atoms with Gasteiger partial charge in [0.2, 0.25) is 0 Å². The van der Waals surface area contributed by atoms with E-state index >= 15 is 0 Å². The molecule has 108 valence electrons. The topological polar surface area (TPSA) is 65.9 Å². The van der Waals surface area contributed by atoms with E-state index < -0.39 is 11.9 Å². The predicted molar refractivity (Wildman–Crippen MR) is 67.9 cm³/mol. The number of hydrogen-bond acceptors (Lipinski definition) is 4.